The second-order valence-electron chi connectivity index (χ2n) is 3.97. The molecule has 0 radical (unpaired) electrons. The molecule has 0 bridgehead atoms. The minimum atomic E-state index is -0.968. The van der Waals surface area contributed by atoms with Crippen molar-refractivity contribution in [3.8, 4) is 0 Å². The first-order valence-electron chi connectivity index (χ1n) is 5.85. The summed E-state index contributed by atoms with van der Waals surface area (Å²) < 4.78 is 18.1. The van der Waals surface area contributed by atoms with Crippen LogP contribution in [0.25, 0.3) is 0 Å². The normalized spacial score (nSPS) is 12.2. The third-order valence-corrected chi connectivity index (χ3v) is 2.62. The van der Waals surface area contributed by atoms with Crippen LogP contribution in [-0.4, -0.2) is 37.4 Å². The van der Waals surface area contributed by atoms with Crippen molar-refractivity contribution in [1.29, 1.82) is 0 Å². The fourth-order valence-electron chi connectivity index (χ4n) is 1.63. The maximum atomic E-state index is 13.0. The van der Waals surface area contributed by atoms with E-state index < -0.39 is 12.1 Å². The summed E-state index contributed by atoms with van der Waals surface area (Å²) in [7, 11) is 1.79. The lowest BCUT2D eigenvalue weighted by molar-refractivity contribution is -0.150. The highest BCUT2D eigenvalue weighted by molar-refractivity contribution is 5.72. The minimum Gasteiger partial charge on any atom is -0.479 e. The third-order valence-electron chi connectivity index (χ3n) is 2.62. The Morgan fingerprint density at radius 2 is 2.28 bits per heavy atom. The molecule has 1 atom stereocenters. The van der Waals surface area contributed by atoms with Gasteiger partial charge in [-0.2, -0.15) is 0 Å². The Morgan fingerprint density at radius 3 is 2.83 bits per heavy atom. The molecule has 0 saturated heterocycles. The number of aliphatic carboxylic acids is 1. The number of carboxylic acids is 1. The Labute approximate surface area is 106 Å². The Balaban J connectivity index is 2.54. The molecular weight excluding hydrogens is 237 g/mol. The van der Waals surface area contributed by atoms with Crippen LogP contribution in [-0.2, 0) is 9.53 Å². The summed E-state index contributed by atoms with van der Waals surface area (Å²) in [6.45, 7) is 2.60. The standard InChI is InChI=1S/C13H18FNO3/c1-3-18-12(13(16)17)7-8-15(2)11-6-4-5-10(14)9-11/h4-6,9,12H,3,7-8H2,1-2H3,(H,16,17). The summed E-state index contributed by atoms with van der Waals surface area (Å²) in [5.74, 6) is -1.27. The summed E-state index contributed by atoms with van der Waals surface area (Å²) in [4.78, 5) is 12.7. The van der Waals surface area contributed by atoms with Gasteiger partial charge in [0, 0.05) is 32.3 Å². The van der Waals surface area contributed by atoms with Crippen molar-refractivity contribution in [3.05, 3.63) is 30.1 Å². The zero-order valence-electron chi connectivity index (χ0n) is 10.6. The van der Waals surface area contributed by atoms with Crippen LogP contribution in [0.5, 0.6) is 0 Å². The number of halogens is 1. The Kier molecular flexibility index (Phi) is 5.58. The number of anilines is 1. The van der Waals surface area contributed by atoms with E-state index in [0.29, 0.717) is 19.6 Å². The molecule has 0 fully saturated rings. The molecule has 1 N–H and O–H groups in total. The zero-order chi connectivity index (χ0) is 13.5. The van der Waals surface area contributed by atoms with E-state index in [-0.39, 0.29) is 5.82 Å². The van der Waals surface area contributed by atoms with Crippen molar-refractivity contribution in [3.63, 3.8) is 0 Å². The van der Waals surface area contributed by atoms with Gasteiger partial charge in [0.15, 0.2) is 6.10 Å². The van der Waals surface area contributed by atoms with Gasteiger partial charge in [-0.1, -0.05) is 6.07 Å². The van der Waals surface area contributed by atoms with Crippen LogP contribution in [0.2, 0.25) is 0 Å². The topological polar surface area (TPSA) is 49.8 Å². The number of benzene rings is 1. The molecule has 0 spiro atoms. The number of carbonyl (C=O) groups is 1. The smallest absolute Gasteiger partial charge is 0.332 e. The van der Waals surface area contributed by atoms with E-state index in [2.05, 4.69) is 0 Å². The Hall–Kier alpha value is -1.62. The molecule has 18 heavy (non-hydrogen) atoms. The van der Waals surface area contributed by atoms with E-state index in [1.807, 2.05) is 0 Å². The Bertz CT molecular complexity index is 398. The fraction of sp³-hybridized carbons (Fsp3) is 0.462. The molecule has 0 heterocycles. The molecule has 0 saturated carbocycles. The highest BCUT2D eigenvalue weighted by Crippen LogP contribution is 2.14. The fourth-order valence-corrected chi connectivity index (χ4v) is 1.63. The first-order chi connectivity index (χ1) is 8.54. The van der Waals surface area contributed by atoms with Crippen LogP contribution < -0.4 is 4.90 Å². The van der Waals surface area contributed by atoms with E-state index >= 15 is 0 Å². The maximum absolute atomic E-state index is 13.0. The second-order valence-corrected chi connectivity index (χ2v) is 3.97. The molecule has 5 heteroatoms. The summed E-state index contributed by atoms with van der Waals surface area (Å²) in [5.41, 5.74) is 0.718. The molecule has 100 valence electrons. The summed E-state index contributed by atoms with van der Waals surface area (Å²) in [6.07, 6.45) is -0.457. The van der Waals surface area contributed by atoms with E-state index in [1.54, 1.807) is 31.0 Å². The van der Waals surface area contributed by atoms with Gasteiger partial charge < -0.3 is 14.7 Å². The zero-order valence-corrected chi connectivity index (χ0v) is 10.6. The van der Waals surface area contributed by atoms with E-state index in [9.17, 15) is 9.18 Å². The number of carboxylic acid groups (broad SMARTS) is 1. The molecule has 1 unspecified atom stereocenters. The van der Waals surface area contributed by atoms with Gasteiger partial charge in [0.05, 0.1) is 0 Å². The van der Waals surface area contributed by atoms with Crippen molar-refractivity contribution >= 4 is 11.7 Å². The van der Waals surface area contributed by atoms with E-state index in [4.69, 9.17) is 9.84 Å². The molecule has 1 aromatic rings. The lowest BCUT2D eigenvalue weighted by Crippen LogP contribution is -2.30. The van der Waals surface area contributed by atoms with Gasteiger partial charge in [-0.05, 0) is 25.1 Å². The van der Waals surface area contributed by atoms with Crippen molar-refractivity contribution in [2.24, 2.45) is 0 Å². The van der Waals surface area contributed by atoms with Crippen molar-refractivity contribution < 1.29 is 19.0 Å². The molecule has 1 rings (SSSR count). The number of nitrogens with zero attached hydrogens (tertiary/aromatic N) is 1. The van der Waals surface area contributed by atoms with Crippen molar-refractivity contribution in [2.75, 3.05) is 25.1 Å². The van der Waals surface area contributed by atoms with Crippen LogP contribution in [0, 0.1) is 5.82 Å². The number of hydrogen-bond acceptors (Lipinski definition) is 3. The molecule has 1 aromatic carbocycles. The van der Waals surface area contributed by atoms with Gasteiger partial charge >= 0.3 is 5.97 Å². The first kappa shape index (κ1) is 14.4. The third kappa shape index (κ3) is 4.33. The molecule has 0 aromatic heterocycles. The predicted octanol–water partition coefficient (Wildman–Crippen LogP) is 2.14. The number of rotatable bonds is 7. The Morgan fingerprint density at radius 1 is 1.56 bits per heavy atom. The average Bonchev–Trinajstić information content (AvgIpc) is 2.33. The lowest BCUT2D eigenvalue weighted by atomic mass is 10.2. The number of ether oxygens (including phenoxy) is 1. The minimum absolute atomic E-state index is 0.307. The van der Waals surface area contributed by atoms with Crippen LogP contribution in [0.3, 0.4) is 0 Å². The molecule has 4 nitrogen and oxygen atoms in total. The largest absolute Gasteiger partial charge is 0.479 e. The second kappa shape index (κ2) is 6.96. The molecular formula is C13H18FNO3. The van der Waals surface area contributed by atoms with Crippen molar-refractivity contribution in [1.82, 2.24) is 0 Å². The summed E-state index contributed by atoms with van der Waals surface area (Å²) >= 11 is 0. The average molecular weight is 255 g/mol. The van der Waals surface area contributed by atoms with E-state index in [1.165, 1.54) is 12.1 Å². The highest BCUT2D eigenvalue weighted by atomic mass is 19.1. The predicted molar refractivity (Wildman–Crippen MR) is 67.3 cm³/mol. The van der Waals surface area contributed by atoms with Crippen LogP contribution in [0.4, 0.5) is 10.1 Å². The lowest BCUT2D eigenvalue weighted by Gasteiger charge is -2.21. The van der Waals surface area contributed by atoms with Gasteiger partial charge in [0.25, 0.3) is 0 Å². The first-order valence-corrected chi connectivity index (χ1v) is 5.85. The van der Waals surface area contributed by atoms with Crippen LogP contribution in [0.1, 0.15) is 13.3 Å². The van der Waals surface area contributed by atoms with Gasteiger partial charge in [0.2, 0.25) is 0 Å². The summed E-state index contributed by atoms with van der Waals surface area (Å²) in [5, 5.41) is 8.93. The molecule has 0 aliphatic rings. The van der Waals surface area contributed by atoms with E-state index in [0.717, 1.165) is 5.69 Å². The van der Waals surface area contributed by atoms with Gasteiger partial charge in [-0.15, -0.1) is 0 Å². The van der Waals surface area contributed by atoms with Gasteiger partial charge in [-0.3, -0.25) is 0 Å². The monoisotopic (exact) mass is 255 g/mol. The molecule has 0 aliphatic carbocycles. The maximum Gasteiger partial charge on any atom is 0.332 e. The number of hydrogen-bond donors (Lipinski definition) is 1. The van der Waals surface area contributed by atoms with Crippen LogP contribution >= 0.6 is 0 Å². The van der Waals surface area contributed by atoms with Crippen molar-refractivity contribution in [2.45, 2.75) is 19.4 Å². The van der Waals surface area contributed by atoms with Crippen LogP contribution in [0.15, 0.2) is 24.3 Å². The highest BCUT2D eigenvalue weighted by Gasteiger charge is 2.17. The van der Waals surface area contributed by atoms with Gasteiger partial charge in [-0.25, -0.2) is 9.18 Å². The van der Waals surface area contributed by atoms with Gasteiger partial charge in [0.1, 0.15) is 5.82 Å². The quantitative estimate of drug-likeness (QED) is 0.811. The molecule has 0 amide bonds. The SMILES string of the molecule is CCOC(CCN(C)c1cccc(F)c1)C(=O)O. The summed E-state index contributed by atoms with van der Waals surface area (Å²) in [6, 6.07) is 6.19. The molecule has 0 aliphatic heterocycles.